The van der Waals surface area contributed by atoms with Crippen molar-refractivity contribution in [2.75, 3.05) is 19.7 Å². The van der Waals surface area contributed by atoms with E-state index in [1.165, 1.54) is 6.42 Å². The summed E-state index contributed by atoms with van der Waals surface area (Å²) in [4.78, 5) is 19.6. The largest absolute Gasteiger partial charge is 0.492 e. The average molecular weight is 367 g/mol. The van der Waals surface area contributed by atoms with Crippen LogP contribution in [0.1, 0.15) is 47.3 Å². The molecule has 0 radical (unpaired) electrons. The molecule has 1 atom stereocenters. The highest BCUT2D eigenvalue weighted by molar-refractivity contribution is 5.95. The Morgan fingerprint density at radius 1 is 1.30 bits per heavy atom. The van der Waals surface area contributed by atoms with Crippen molar-refractivity contribution in [3.63, 3.8) is 0 Å². The zero-order valence-corrected chi connectivity index (χ0v) is 16.1. The highest BCUT2D eigenvalue weighted by atomic mass is 16.5. The number of hydrogen-bond donors (Lipinski definition) is 1. The number of rotatable bonds is 7. The molecule has 27 heavy (non-hydrogen) atoms. The predicted octanol–water partition coefficient (Wildman–Crippen LogP) is 3.36. The fourth-order valence-electron chi connectivity index (χ4n) is 3.65. The van der Waals surface area contributed by atoms with Gasteiger partial charge in [-0.2, -0.15) is 0 Å². The molecule has 0 saturated carbocycles. The first-order valence-corrected chi connectivity index (χ1v) is 9.83. The van der Waals surface area contributed by atoms with Gasteiger partial charge < -0.3 is 15.4 Å². The van der Waals surface area contributed by atoms with Crippen LogP contribution in [0.5, 0.6) is 5.75 Å². The van der Waals surface area contributed by atoms with Gasteiger partial charge in [-0.1, -0.05) is 12.1 Å². The summed E-state index contributed by atoms with van der Waals surface area (Å²) < 4.78 is 5.69. The molecule has 5 nitrogen and oxygen atoms in total. The predicted molar refractivity (Wildman–Crippen MR) is 107 cm³/mol. The van der Waals surface area contributed by atoms with E-state index in [9.17, 15) is 4.79 Å². The molecule has 1 unspecified atom stereocenters. The SMILES string of the molecule is Cc1ccc(C(=O)N2CCCCC2CCc2ccccn2)cc1OCCN. The van der Waals surface area contributed by atoms with Crippen LogP contribution >= 0.6 is 0 Å². The molecule has 3 rings (SSSR count). The van der Waals surface area contributed by atoms with Gasteiger partial charge in [-0.25, -0.2) is 0 Å². The molecule has 1 aliphatic rings. The van der Waals surface area contributed by atoms with Gasteiger partial charge >= 0.3 is 0 Å². The van der Waals surface area contributed by atoms with Crippen molar-refractivity contribution in [2.24, 2.45) is 5.73 Å². The first-order chi connectivity index (χ1) is 13.2. The minimum Gasteiger partial charge on any atom is -0.492 e. The third-order valence-electron chi connectivity index (χ3n) is 5.16. The van der Waals surface area contributed by atoms with Crippen LogP contribution in [0.15, 0.2) is 42.6 Å². The summed E-state index contributed by atoms with van der Waals surface area (Å²) >= 11 is 0. The molecule has 2 aromatic rings. The van der Waals surface area contributed by atoms with Crippen LogP contribution in [0.2, 0.25) is 0 Å². The Labute approximate surface area is 161 Å². The molecule has 0 spiro atoms. The maximum atomic E-state index is 13.2. The van der Waals surface area contributed by atoms with Crippen LogP contribution < -0.4 is 10.5 Å². The minimum absolute atomic E-state index is 0.0957. The van der Waals surface area contributed by atoms with Crippen molar-refractivity contribution in [2.45, 2.75) is 45.1 Å². The van der Waals surface area contributed by atoms with E-state index in [4.69, 9.17) is 10.5 Å². The Balaban J connectivity index is 1.71. The van der Waals surface area contributed by atoms with Gasteiger partial charge in [0.05, 0.1) is 0 Å². The zero-order chi connectivity index (χ0) is 19.1. The number of aromatic nitrogens is 1. The summed E-state index contributed by atoms with van der Waals surface area (Å²) in [6, 6.07) is 12.0. The van der Waals surface area contributed by atoms with Crippen LogP contribution in [-0.4, -0.2) is 41.5 Å². The number of carbonyl (C=O) groups is 1. The van der Waals surface area contributed by atoms with E-state index >= 15 is 0 Å². The number of carbonyl (C=O) groups excluding carboxylic acids is 1. The number of hydrogen-bond acceptors (Lipinski definition) is 4. The maximum Gasteiger partial charge on any atom is 0.254 e. The molecule has 1 amide bonds. The Morgan fingerprint density at radius 2 is 2.19 bits per heavy atom. The van der Waals surface area contributed by atoms with Crippen LogP contribution in [0.25, 0.3) is 0 Å². The van der Waals surface area contributed by atoms with Gasteiger partial charge in [0.1, 0.15) is 12.4 Å². The van der Waals surface area contributed by atoms with E-state index in [2.05, 4.69) is 11.1 Å². The quantitative estimate of drug-likeness (QED) is 0.815. The van der Waals surface area contributed by atoms with Crippen LogP contribution in [0.3, 0.4) is 0 Å². The smallest absolute Gasteiger partial charge is 0.254 e. The summed E-state index contributed by atoms with van der Waals surface area (Å²) in [6.07, 6.45) is 6.97. The Bertz CT molecular complexity index is 748. The van der Waals surface area contributed by atoms with Crippen molar-refractivity contribution in [1.29, 1.82) is 0 Å². The molecule has 5 heteroatoms. The molecule has 1 aromatic heterocycles. The zero-order valence-electron chi connectivity index (χ0n) is 16.1. The summed E-state index contributed by atoms with van der Waals surface area (Å²) in [6.45, 7) is 3.71. The number of benzene rings is 1. The van der Waals surface area contributed by atoms with Gasteiger partial charge in [0, 0.05) is 36.6 Å². The second kappa shape index (κ2) is 9.51. The molecule has 2 heterocycles. The lowest BCUT2D eigenvalue weighted by Gasteiger charge is -2.36. The third kappa shape index (κ3) is 5.07. The number of pyridine rings is 1. The fraction of sp³-hybridized carbons (Fsp3) is 0.455. The summed E-state index contributed by atoms with van der Waals surface area (Å²) in [5, 5.41) is 0. The van der Waals surface area contributed by atoms with Crippen molar-refractivity contribution < 1.29 is 9.53 Å². The van der Waals surface area contributed by atoms with Crippen LogP contribution in [-0.2, 0) is 6.42 Å². The van der Waals surface area contributed by atoms with Gasteiger partial charge in [0.2, 0.25) is 0 Å². The number of piperidine rings is 1. The van der Waals surface area contributed by atoms with Gasteiger partial charge in [-0.15, -0.1) is 0 Å². The first-order valence-electron chi connectivity index (χ1n) is 9.83. The van der Waals surface area contributed by atoms with Crippen LogP contribution in [0.4, 0.5) is 0 Å². The number of nitrogens with zero attached hydrogens (tertiary/aromatic N) is 2. The number of nitrogens with two attached hydrogens (primary N) is 1. The lowest BCUT2D eigenvalue weighted by molar-refractivity contribution is 0.0601. The molecule has 1 fully saturated rings. The van der Waals surface area contributed by atoms with Gasteiger partial charge in [0.15, 0.2) is 0 Å². The van der Waals surface area contributed by atoms with E-state index in [0.717, 1.165) is 49.2 Å². The number of ether oxygens (including phenoxy) is 1. The highest BCUT2D eigenvalue weighted by Crippen LogP contribution is 2.26. The van der Waals surface area contributed by atoms with E-state index in [0.29, 0.717) is 18.7 Å². The molecule has 0 aliphatic carbocycles. The van der Waals surface area contributed by atoms with Crippen molar-refractivity contribution in [3.05, 3.63) is 59.4 Å². The molecule has 144 valence electrons. The van der Waals surface area contributed by atoms with Crippen molar-refractivity contribution in [3.8, 4) is 5.75 Å². The van der Waals surface area contributed by atoms with Gasteiger partial charge in [-0.05, 0) is 68.9 Å². The second-order valence-corrected chi connectivity index (χ2v) is 7.13. The number of amides is 1. The highest BCUT2D eigenvalue weighted by Gasteiger charge is 2.27. The lowest BCUT2D eigenvalue weighted by Crippen LogP contribution is -2.44. The fourth-order valence-corrected chi connectivity index (χ4v) is 3.65. The van der Waals surface area contributed by atoms with E-state index in [1.54, 1.807) is 0 Å². The maximum absolute atomic E-state index is 13.2. The van der Waals surface area contributed by atoms with E-state index in [1.807, 2.05) is 48.4 Å². The van der Waals surface area contributed by atoms with E-state index < -0.39 is 0 Å². The topological polar surface area (TPSA) is 68.5 Å². The van der Waals surface area contributed by atoms with Crippen molar-refractivity contribution >= 4 is 5.91 Å². The molecule has 1 aromatic carbocycles. The van der Waals surface area contributed by atoms with Crippen LogP contribution in [0, 0.1) is 6.92 Å². The monoisotopic (exact) mass is 367 g/mol. The minimum atomic E-state index is 0.0957. The average Bonchev–Trinajstić information content (AvgIpc) is 2.72. The lowest BCUT2D eigenvalue weighted by atomic mass is 9.96. The normalized spacial score (nSPS) is 17.0. The molecular weight excluding hydrogens is 338 g/mol. The van der Waals surface area contributed by atoms with E-state index in [-0.39, 0.29) is 11.9 Å². The molecule has 2 N–H and O–H groups in total. The van der Waals surface area contributed by atoms with Crippen molar-refractivity contribution in [1.82, 2.24) is 9.88 Å². The van der Waals surface area contributed by atoms with Gasteiger partial charge in [0.25, 0.3) is 5.91 Å². The van der Waals surface area contributed by atoms with Gasteiger partial charge in [-0.3, -0.25) is 9.78 Å². The summed E-state index contributed by atoms with van der Waals surface area (Å²) in [5.74, 6) is 0.840. The Morgan fingerprint density at radius 3 is 2.96 bits per heavy atom. The summed E-state index contributed by atoms with van der Waals surface area (Å²) in [5.41, 5.74) is 8.33. The number of aryl methyl sites for hydroxylation is 2. The Kier molecular flexibility index (Phi) is 6.82. The molecular formula is C22H29N3O2. The molecule has 1 aliphatic heterocycles. The standard InChI is InChI=1S/C22H29N3O2/c1-17-8-9-18(16-21(17)27-15-12-23)22(26)25-14-5-3-7-20(25)11-10-19-6-2-4-13-24-19/h2,4,6,8-9,13,16,20H,3,5,7,10-12,14-15,23H2,1H3. The third-order valence-corrected chi connectivity index (χ3v) is 5.16. The first kappa shape index (κ1) is 19.4. The Hall–Kier alpha value is -2.40. The molecule has 0 bridgehead atoms. The summed E-state index contributed by atoms with van der Waals surface area (Å²) in [7, 11) is 0. The second-order valence-electron chi connectivity index (χ2n) is 7.13. The number of likely N-dealkylation sites (tertiary alicyclic amines) is 1. The molecule has 1 saturated heterocycles.